The number of likely N-dealkylation sites (tertiary alicyclic amines) is 1. The summed E-state index contributed by atoms with van der Waals surface area (Å²) < 4.78 is 29.0. The predicted octanol–water partition coefficient (Wildman–Crippen LogP) is 2.50. The molecule has 6 heteroatoms. The number of benzene rings is 1. The van der Waals surface area contributed by atoms with E-state index in [1.807, 2.05) is 22.6 Å². The summed E-state index contributed by atoms with van der Waals surface area (Å²) in [7, 11) is 0. The van der Waals surface area contributed by atoms with Crippen LogP contribution in [-0.4, -0.2) is 38.2 Å². The summed E-state index contributed by atoms with van der Waals surface area (Å²) in [5.41, 5.74) is -0.413. The monoisotopic (exact) mass is 321 g/mol. The summed E-state index contributed by atoms with van der Waals surface area (Å²) in [6, 6.07) is 4.26. The smallest absolute Gasteiger partial charge is 0.163 e. The number of hydrogen-bond acceptors (Lipinski definition) is 3. The standard InChI is InChI=1S/C17H21F2N3O/c1-13-20-7-10-22(13)12-17(23)5-8-21(9-6-17)11-14-3-2-4-15(18)16(14)19/h2-4,7,10,23H,5-6,8-9,11-12H2,1H3. The van der Waals surface area contributed by atoms with Gasteiger partial charge in [0.05, 0.1) is 12.1 Å². The molecule has 1 N–H and O–H groups in total. The number of piperidine rings is 1. The van der Waals surface area contributed by atoms with Crippen molar-refractivity contribution in [3.63, 3.8) is 0 Å². The SMILES string of the molecule is Cc1nccn1CC1(O)CCN(Cc2cccc(F)c2F)CC1. The van der Waals surface area contributed by atoms with Gasteiger partial charge in [0, 0.05) is 37.6 Å². The highest BCUT2D eigenvalue weighted by molar-refractivity contribution is 5.19. The van der Waals surface area contributed by atoms with Gasteiger partial charge in [-0.3, -0.25) is 4.90 Å². The number of hydrogen-bond donors (Lipinski definition) is 1. The zero-order valence-electron chi connectivity index (χ0n) is 13.2. The maximum Gasteiger partial charge on any atom is 0.163 e. The van der Waals surface area contributed by atoms with Crippen LogP contribution < -0.4 is 0 Å². The van der Waals surface area contributed by atoms with E-state index in [1.165, 1.54) is 6.07 Å². The quantitative estimate of drug-likeness (QED) is 0.941. The second kappa shape index (κ2) is 6.37. The van der Waals surface area contributed by atoms with E-state index in [0.717, 1.165) is 11.9 Å². The van der Waals surface area contributed by atoms with E-state index >= 15 is 0 Å². The van der Waals surface area contributed by atoms with E-state index in [0.29, 0.717) is 44.6 Å². The third kappa shape index (κ3) is 3.59. The van der Waals surface area contributed by atoms with Gasteiger partial charge in [0.1, 0.15) is 5.82 Å². The number of aryl methyl sites for hydroxylation is 1. The van der Waals surface area contributed by atoms with Crippen molar-refractivity contribution < 1.29 is 13.9 Å². The topological polar surface area (TPSA) is 41.3 Å². The minimum absolute atomic E-state index is 0.362. The molecular formula is C17H21F2N3O. The Morgan fingerprint density at radius 1 is 1.26 bits per heavy atom. The second-order valence-electron chi connectivity index (χ2n) is 6.32. The Bertz CT molecular complexity index is 678. The number of imidazole rings is 1. The normalized spacial score (nSPS) is 18.3. The molecule has 0 unspecified atom stereocenters. The lowest BCUT2D eigenvalue weighted by Gasteiger charge is -2.38. The van der Waals surface area contributed by atoms with Crippen LogP contribution >= 0.6 is 0 Å². The maximum atomic E-state index is 13.7. The van der Waals surface area contributed by atoms with Gasteiger partial charge in [0.25, 0.3) is 0 Å². The van der Waals surface area contributed by atoms with Crippen molar-refractivity contribution in [1.29, 1.82) is 0 Å². The summed E-state index contributed by atoms with van der Waals surface area (Å²) in [5, 5.41) is 10.7. The third-order valence-corrected chi connectivity index (χ3v) is 4.60. The second-order valence-corrected chi connectivity index (χ2v) is 6.32. The van der Waals surface area contributed by atoms with Gasteiger partial charge in [-0.1, -0.05) is 12.1 Å². The Labute approximate surface area is 134 Å². The minimum Gasteiger partial charge on any atom is -0.388 e. The average molecular weight is 321 g/mol. The molecule has 0 saturated carbocycles. The van der Waals surface area contributed by atoms with Gasteiger partial charge in [0.15, 0.2) is 11.6 Å². The van der Waals surface area contributed by atoms with E-state index in [2.05, 4.69) is 4.98 Å². The average Bonchev–Trinajstić information content (AvgIpc) is 2.91. The van der Waals surface area contributed by atoms with Crippen LogP contribution in [0.15, 0.2) is 30.6 Å². The molecule has 124 valence electrons. The fourth-order valence-corrected chi connectivity index (χ4v) is 3.08. The van der Waals surface area contributed by atoms with Gasteiger partial charge in [-0.2, -0.15) is 0 Å². The molecule has 1 aromatic carbocycles. The van der Waals surface area contributed by atoms with E-state index < -0.39 is 17.2 Å². The van der Waals surface area contributed by atoms with Crippen molar-refractivity contribution in [3.8, 4) is 0 Å². The molecule has 2 aromatic rings. The van der Waals surface area contributed by atoms with E-state index in [9.17, 15) is 13.9 Å². The van der Waals surface area contributed by atoms with Crippen molar-refractivity contribution in [2.45, 2.75) is 38.5 Å². The van der Waals surface area contributed by atoms with Crippen molar-refractivity contribution in [2.75, 3.05) is 13.1 Å². The Morgan fingerprint density at radius 3 is 2.65 bits per heavy atom. The lowest BCUT2D eigenvalue weighted by molar-refractivity contribution is -0.0363. The summed E-state index contributed by atoms with van der Waals surface area (Å²) >= 11 is 0. The first-order chi connectivity index (χ1) is 11.0. The van der Waals surface area contributed by atoms with Gasteiger partial charge < -0.3 is 9.67 Å². The lowest BCUT2D eigenvalue weighted by atomic mass is 9.91. The summed E-state index contributed by atoms with van der Waals surface area (Å²) in [6.45, 7) is 4.09. The fraction of sp³-hybridized carbons (Fsp3) is 0.471. The molecule has 1 aromatic heterocycles. The molecule has 1 saturated heterocycles. The van der Waals surface area contributed by atoms with E-state index in [1.54, 1.807) is 12.3 Å². The number of nitrogens with zero attached hydrogens (tertiary/aromatic N) is 3. The molecule has 0 bridgehead atoms. The number of aliphatic hydroxyl groups is 1. The summed E-state index contributed by atoms with van der Waals surface area (Å²) in [4.78, 5) is 6.21. The Kier molecular flexibility index (Phi) is 4.46. The number of rotatable bonds is 4. The van der Waals surface area contributed by atoms with Crippen LogP contribution in [0.4, 0.5) is 8.78 Å². The molecule has 1 aliphatic rings. The van der Waals surface area contributed by atoms with Gasteiger partial charge >= 0.3 is 0 Å². The van der Waals surface area contributed by atoms with Crippen LogP contribution in [0, 0.1) is 18.6 Å². The van der Waals surface area contributed by atoms with Crippen LogP contribution in [0.2, 0.25) is 0 Å². The van der Waals surface area contributed by atoms with Crippen LogP contribution in [-0.2, 0) is 13.1 Å². The molecule has 4 nitrogen and oxygen atoms in total. The van der Waals surface area contributed by atoms with Gasteiger partial charge in [-0.05, 0) is 25.8 Å². The highest BCUT2D eigenvalue weighted by Gasteiger charge is 2.33. The molecule has 2 heterocycles. The van der Waals surface area contributed by atoms with Gasteiger partial charge in [-0.15, -0.1) is 0 Å². The molecule has 3 rings (SSSR count). The Balaban J connectivity index is 1.60. The zero-order chi connectivity index (χ0) is 16.4. The maximum absolute atomic E-state index is 13.7. The van der Waals surface area contributed by atoms with Gasteiger partial charge in [-0.25, -0.2) is 13.8 Å². The Morgan fingerprint density at radius 2 is 2.00 bits per heavy atom. The Hall–Kier alpha value is -1.79. The largest absolute Gasteiger partial charge is 0.388 e. The fourth-order valence-electron chi connectivity index (χ4n) is 3.08. The van der Waals surface area contributed by atoms with Crippen molar-refractivity contribution in [1.82, 2.24) is 14.5 Å². The van der Waals surface area contributed by atoms with Crippen molar-refractivity contribution >= 4 is 0 Å². The summed E-state index contributed by atoms with van der Waals surface area (Å²) in [5.74, 6) is -0.711. The zero-order valence-corrected chi connectivity index (χ0v) is 13.2. The molecular weight excluding hydrogens is 300 g/mol. The highest BCUT2D eigenvalue weighted by atomic mass is 19.2. The lowest BCUT2D eigenvalue weighted by Crippen LogP contribution is -2.46. The molecule has 0 aliphatic carbocycles. The van der Waals surface area contributed by atoms with Crippen molar-refractivity contribution in [3.05, 3.63) is 53.6 Å². The van der Waals surface area contributed by atoms with Crippen LogP contribution in [0.3, 0.4) is 0 Å². The molecule has 0 radical (unpaired) electrons. The minimum atomic E-state index is -0.813. The van der Waals surface area contributed by atoms with Crippen molar-refractivity contribution in [2.24, 2.45) is 0 Å². The molecule has 0 amide bonds. The molecule has 1 fully saturated rings. The van der Waals surface area contributed by atoms with E-state index in [4.69, 9.17) is 0 Å². The number of halogens is 2. The van der Waals surface area contributed by atoms with E-state index in [-0.39, 0.29) is 0 Å². The number of aromatic nitrogens is 2. The van der Waals surface area contributed by atoms with Crippen LogP contribution in [0.5, 0.6) is 0 Å². The molecule has 0 spiro atoms. The predicted molar refractivity (Wildman–Crippen MR) is 82.8 cm³/mol. The molecule has 1 aliphatic heterocycles. The third-order valence-electron chi connectivity index (χ3n) is 4.60. The van der Waals surface area contributed by atoms with Gasteiger partial charge in [0.2, 0.25) is 0 Å². The summed E-state index contributed by atoms with van der Waals surface area (Å²) in [6.07, 6.45) is 4.78. The molecule has 23 heavy (non-hydrogen) atoms. The highest BCUT2D eigenvalue weighted by Crippen LogP contribution is 2.26. The first kappa shape index (κ1) is 16.1. The van der Waals surface area contributed by atoms with Crippen LogP contribution in [0.1, 0.15) is 24.2 Å². The first-order valence-corrected chi connectivity index (χ1v) is 7.82. The molecule has 0 atom stereocenters. The first-order valence-electron chi connectivity index (χ1n) is 7.82. The van der Waals surface area contributed by atoms with Crippen LogP contribution in [0.25, 0.3) is 0 Å².